The van der Waals surface area contributed by atoms with E-state index in [4.69, 9.17) is 0 Å². The van der Waals surface area contributed by atoms with Gasteiger partial charge in [0.25, 0.3) is 0 Å². The van der Waals surface area contributed by atoms with Crippen LogP contribution in [0.5, 0.6) is 0 Å². The molecule has 0 rings (SSSR count). The molecule has 0 saturated heterocycles. The summed E-state index contributed by atoms with van der Waals surface area (Å²) >= 11 is 0. The van der Waals surface area contributed by atoms with Gasteiger partial charge in [0.2, 0.25) is 0 Å². The van der Waals surface area contributed by atoms with E-state index in [1.165, 1.54) is 6.92 Å². The van der Waals surface area contributed by atoms with Crippen LogP contribution in [0.1, 0.15) is 6.92 Å². The average Bonchev–Trinajstić information content (AvgIpc) is 2.15. The van der Waals surface area contributed by atoms with E-state index in [-0.39, 0.29) is 0 Å². The number of hydrogen-bond donors (Lipinski definition) is 0. The molecule has 106 valence electrons. The second kappa shape index (κ2) is 5.11. The molecule has 0 amide bonds. The lowest BCUT2D eigenvalue weighted by atomic mass is 10.1. The number of hydrogen-bond acceptors (Lipinski definition) is 2. The minimum atomic E-state index is -6.67. The van der Waals surface area contributed by atoms with Crippen molar-refractivity contribution in [2.45, 2.75) is 24.9 Å². The van der Waals surface area contributed by atoms with E-state index in [0.29, 0.717) is 0 Å². The molecule has 18 heavy (non-hydrogen) atoms. The SMILES string of the molecule is CCOC(=O)/C=C(/F)C(F)(F)C(F)(F)C(F)(F)F. The summed E-state index contributed by atoms with van der Waals surface area (Å²) in [4.78, 5) is 10.5. The van der Waals surface area contributed by atoms with Gasteiger partial charge in [-0.3, -0.25) is 0 Å². The Balaban J connectivity index is 5.33. The van der Waals surface area contributed by atoms with Crippen LogP contribution < -0.4 is 0 Å². The first-order valence-corrected chi connectivity index (χ1v) is 4.24. The number of rotatable bonds is 4. The van der Waals surface area contributed by atoms with E-state index in [1.807, 2.05) is 0 Å². The Morgan fingerprint density at radius 3 is 1.89 bits per heavy atom. The summed E-state index contributed by atoms with van der Waals surface area (Å²) in [5.41, 5.74) is 0. The van der Waals surface area contributed by atoms with Crippen molar-refractivity contribution in [1.82, 2.24) is 0 Å². The van der Waals surface area contributed by atoms with Crippen molar-refractivity contribution in [3.05, 3.63) is 11.9 Å². The molecule has 0 heterocycles. The first-order valence-electron chi connectivity index (χ1n) is 4.24. The molecule has 0 radical (unpaired) electrons. The maximum absolute atomic E-state index is 12.6. The van der Waals surface area contributed by atoms with Crippen LogP contribution in [-0.4, -0.2) is 30.6 Å². The van der Waals surface area contributed by atoms with Gasteiger partial charge < -0.3 is 4.74 Å². The number of esters is 1. The van der Waals surface area contributed by atoms with Crippen molar-refractivity contribution >= 4 is 5.97 Å². The Hall–Kier alpha value is -1.35. The molecule has 0 aromatic rings. The van der Waals surface area contributed by atoms with Gasteiger partial charge in [-0.1, -0.05) is 0 Å². The smallest absolute Gasteiger partial charge is 0.460 e. The highest BCUT2D eigenvalue weighted by Crippen LogP contribution is 2.49. The fourth-order valence-electron chi connectivity index (χ4n) is 0.706. The van der Waals surface area contributed by atoms with Crippen LogP contribution in [0.25, 0.3) is 0 Å². The van der Waals surface area contributed by atoms with Gasteiger partial charge in [-0.05, 0) is 6.92 Å². The quantitative estimate of drug-likeness (QED) is 0.450. The number of halogens is 8. The topological polar surface area (TPSA) is 26.3 Å². The van der Waals surface area contributed by atoms with E-state index in [0.717, 1.165) is 0 Å². The predicted octanol–water partition coefficient (Wildman–Crippen LogP) is 3.24. The summed E-state index contributed by atoms with van der Waals surface area (Å²) in [6, 6.07) is 0. The molecule has 0 saturated carbocycles. The minimum absolute atomic E-state index is 0.399. The van der Waals surface area contributed by atoms with E-state index in [1.54, 1.807) is 0 Å². The number of ether oxygens (including phenoxy) is 1. The molecule has 0 aromatic heterocycles. The van der Waals surface area contributed by atoms with E-state index in [2.05, 4.69) is 4.74 Å². The molecule has 0 fully saturated rings. The molecule has 0 aromatic carbocycles. The molecule has 0 spiro atoms. The average molecular weight is 286 g/mol. The molecule has 0 N–H and O–H groups in total. The number of alkyl halides is 7. The zero-order chi connectivity index (χ0) is 14.8. The minimum Gasteiger partial charge on any atom is -0.463 e. The Labute approximate surface area is 95.2 Å². The molecule has 0 aliphatic carbocycles. The zero-order valence-electron chi connectivity index (χ0n) is 8.62. The largest absolute Gasteiger partial charge is 0.463 e. The van der Waals surface area contributed by atoms with E-state index in [9.17, 15) is 39.9 Å². The lowest BCUT2D eigenvalue weighted by Crippen LogP contribution is -2.52. The van der Waals surface area contributed by atoms with Crippen LogP contribution >= 0.6 is 0 Å². The van der Waals surface area contributed by atoms with E-state index >= 15 is 0 Å². The molecule has 10 heteroatoms. The third-order valence-corrected chi connectivity index (χ3v) is 1.58. The van der Waals surface area contributed by atoms with Crippen LogP contribution in [0.15, 0.2) is 11.9 Å². The highest BCUT2D eigenvalue weighted by atomic mass is 19.4. The summed E-state index contributed by atoms with van der Waals surface area (Å²) in [5.74, 6) is -17.9. The zero-order valence-corrected chi connectivity index (χ0v) is 8.62. The molecule has 0 atom stereocenters. The number of carbonyl (C=O) groups excluding carboxylic acids is 1. The molecular formula is C8H6F8O2. The lowest BCUT2D eigenvalue weighted by Gasteiger charge is -2.26. The lowest BCUT2D eigenvalue weighted by molar-refractivity contribution is -0.347. The molecule has 0 unspecified atom stereocenters. The van der Waals surface area contributed by atoms with Crippen LogP contribution in [-0.2, 0) is 9.53 Å². The van der Waals surface area contributed by atoms with Crippen molar-refractivity contribution in [2.24, 2.45) is 0 Å². The van der Waals surface area contributed by atoms with Crippen molar-refractivity contribution in [1.29, 1.82) is 0 Å². The summed E-state index contributed by atoms with van der Waals surface area (Å²) in [7, 11) is 0. The highest BCUT2D eigenvalue weighted by Gasteiger charge is 2.75. The van der Waals surface area contributed by atoms with Gasteiger partial charge in [0, 0.05) is 0 Å². The summed E-state index contributed by atoms with van der Waals surface area (Å²) in [6.45, 7) is 0.788. The fourth-order valence-corrected chi connectivity index (χ4v) is 0.706. The fraction of sp³-hybridized carbons (Fsp3) is 0.625. The maximum Gasteiger partial charge on any atom is 0.460 e. The normalized spacial score (nSPS) is 14.6. The van der Waals surface area contributed by atoms with Gasteiger partial charge in [-0.2, -0.15) is 30.7 Å². The van der Waals surface area contributed by atoms with Gasteiger partial charge in [0.15, 0.2) is 5.83 Å². The first-order chi connectivity index (χ1) is 7.88. The molecule has 2 nitrogen and oxygen atoms in total. The van der Waals surface area contributed by atoms with Crippen molar-refractivity contribution < 1.29 is 44.7 Å². The second-order valence-electron chi connectivity index (χ2n) is 2.89. The molecule has 0 bridgehead atoms. The summed E-state index contributed by atoms with van der Waals surface area (Å²) in [6.07, 6.45) is -7.43. The van der Waals surface area contributed by atoms with Gasteiger partial charge in [0.05, 0.1) is 12.7 Å². The van der Waals surface area contributed by atoms with Crippen LogP contribution in [0.4, 0.5) is 35.1 Å². The first kappa shape index (κ1) is 16.6. The van der Waals surface area contributed by atoms with Crippen molar-refractivity contribution in [3.63, 3.8) is 0 Å². The van der Waals surface area contributed by atoms with Gasteiger partial charge >= 0.3 is 24.0 Å². The Morgan fingerprint density at radius 1 is 1.11 bits per heavy atom. The summed E-state index contributed by atoms with van der Waals surface area (Å²) < 4.78 is 101. The van der Waals surface area contributed by atoms with Crippen LogP contribution in [0.2, 0.25) is 0 Å². The number of allylic oxidation sites excluding steroid dienone is 1. The third-order valence-electron chi connectivity index (χ3n) is 1.58. The Kier molecular flexibility index (Phi) is 4.72. The second-order valence-corrected chi connectivity index (χ2v) is 2.89. The van der Waals surface area contributed by atoms with Gasteiger partial charge in [-0.25, -0.2) is 9.18 Å². The summed E-state index contributed by atoms with van der Waals surface area (Å²) in [5, 5.41) is 0. The van der Waals surface area contributed by atoms with Gasteiger partial charge in [0.1, 0.15) is 0 Å². The number of carbonyl (C=O) groups is 1. The van der Waals surface area contributed by atoms with Crippen molar-refractivity contribution in [2.75, 3.05) is 6.61 Å². The molecule has 0 aliphatic rings. The monoisotopic (exact) mass is 286 g/mol. The van der Waals surface area contributed by atoms with E-state index < -0.39 is 42.5 Å². The van der Waals surface area contributed by atoms with Crippen LogP contribution in [0, 0.1) is 0 Å². The van der Waals surface area contributed by atoms with Gasteiger partial charge in [-0.15, -0.1) is 0 Å². The van der Waals surface area contributed by atoms with Crippen LogP contribution in [0.3, 0.4) is 0 Å². The Bertz CT molecular complexity index is 343. The maximum atomic E-state index is 12.6. The Morgan fingerprint density at radius 2 is 1.56 bits per heavy atom. The highest BCUT2D eigenvalue weighted by molar-refractivity contribution is 5.82. The predicted molar refractivity (Wildman–Crippen MR) is 41.8 cm³/mol. The third kappa shape index (κ3) is 3.10. The molecule has 0 aliphatic heterocycles. The van der Waals surface area contributed by atoms with Crippen molar-refractivity contribution in [3.8, 4) is 0 Å². The molecular weight excluding hydrogens is 280 g/mol. The standard InChI is InChI=1S/C8H6F8O2/c1-2-18-5(17)3-4(9)6(10,11)7(12,13)8(14,15)16/h3H,2H2,1H3/b4-3+.